The minimum atomic E-state index is -0.546. The number of methoxy groups -OCH3 is 1. The van der Waals surface area contributed by atoms with Crippen LogP contribution in [0.15, 0.2) is 48.5 Å². The zero-order chi connectivity index (χ0) is 24.0. The van der Waals surface area contributed by atoms with Crippen LogP contribution in [0.2, 0.25) is 5.02 Å². The van der Waals surface area contributed by atoms with Crippen LogP contribution in [0.4, 0.5) is 4.79 Å². The summed E-state index contributed by atoms with van der Waals surface area (Å²) in [5.74, 6) is -0.345. The van der Waals surface area contributed by atoms with Gasteiger partial charge in [-0.15, -0.1) is 0 Å². The molecule has 0 bridgehead atoms. The lowest BCUT2D eigenvalue weighted by Gasteiger charge is -2.38. The maximum atomic E-state index is 13.1. The van der Waals surface area contributed by atoms with E-state index in [0.717, 1.165) is 17.5 Å². The van der Waals surface area contributed by atoms with Gasteiger partial charge in [-0.05, 0) is 61.9 Å². The van der Waals surface area contributed by atoms with Crippen molar-refractivity contribution in [1.29, 1.82) is 0 Å². The third-order valence-electron chi connectivity index (χ3n) is 6.24. The summed E-state index contributed by atoms with van der Waals surface area (Å²) in [7, 11) is 1.38. The number of nitrogens with zero attached hydrogens (tertiary/aromatic N) is 1. The van der Waals surface area contributed by atoms with Crippen LogP contribution in [0.25, 0.3) is 0 Å². The summed E-state index contributed by atoms with van der Waals surface area (Å²) in [6, 6.07) is 14.8. The summed E-state index contributed by atoms with van der Waals surface area (Å²) in [6.07, 6.45) is 1.52. The van der Waals surface area contributed by atoms with Gasteiger partial charge >= 0.3 is 12.1 Å². The second-order valence-electron chi connectivity index (χ2n) is 9.05. The first-order valence-electron chi connectivity index (χ1n) is 11.3. The minimum Gasteiger partial charge on any atom is -0.468 e. The number of nitrogens with one attached hydrogen (secondary N) is 1. The average Bonchev–Trinajstić information content (AvgIpc) is 2.81. The molecule has 1 amide bonds. The largest absolute Gasteiger partial charge is 0.468 e. The first-order chi connectivity index (χ1) is 15.7. The van der Waals surface area contributed by atoms with Crippen LogP contribution in [0, 0.1) is 0 Å². The lowest BCUT2D eigenvalue weighted by Crippen LogP contribution is -2.53. The Balaban J connectivity index is 1.77. The lowest BCUT2D eigenvalue weighted by atomic mass is 9.94. The van der Waals surface area contributed by atoms with Crippen molar-refractivity contribution < 1.29 is 19.1 Å². The van der Waals surface area contributed by atoms with Crippen LogP contribution in [-0.4, -0.2) is 48.3 Å². The summed E-state index contributed by atoms with van der Waals surface area (Å²) >= 11 is 5.99. The Labute approximate surface area is 201 Å². The molecule has 1 unspecified atom stereocenters. The second kappa shape index (κ2) is 11.0. The molecule has 33 heavy (non-hydrogen) atoms. The van der Waals surface area contributed by atoms with Gasteiger partial charge in [-0.1, -0.05) is 54.9 Å². The molecule has 1 heterocycles. The molecule has 3 rings (SSSR count). The maximum absolute atomic E-state index is 13.1. The van der Waals surface area contributed by atoms with Crippen molar-refractivity contribution in [3.8, 4) is 0 Å². The Hall–Kier alpha value is -2.57. The van der Waals surface area contributed by atoms with E-state index in [0.29, 0.717) is 31.0 Å². The minimum absolute atomic E-state index is 0.155. The van der Waals surface area contributed by atoms with Crippen molar-refractivity contribution in [2.24, 2.45) is 0 Å². The van der Waals surface area contributed by atoms with E-state index in [1.807, 2.05) is 51.1 Å². The van der Waals surface area contributed by atoms with Crippen LogP contribution >= 0.6 is 11.6 Å². The van der Waals surface area contributed by atoms with E-state index >= 15 is 0 Å². The summed E-state index contributed by atoms with van der Waals surface area (Å²) in [5.41, 5.74) is 2.74. The molecule has 1 aliphatic heterocycles. The number of hydrogen-bond donors (Lipinski definition) is 1. The van der Waals surface area contributed by atoms with Gasteiger partial charge in [0, 0.05) is 18.1 Å². The monoisotopic (exact) mass is 472 g/mol. The number of esters is 1. The molecule has 2 aromatic carbocycles. The predicted molar refractivity (Wildman–Crippen MR) is 129 cm³/mol. The molecule has 2 aromatic rings. The summed E-state index contributed by atoms with van der Waals surface area (Å²) in [5, 5.41) is 3.98. The van der Waals surface area contributed by atoms with Crippen molar-refractivity contribution in [2.75, 3.05) is 13.7 Å². The number of halogens is 1. The fraction of sp³-hybridized carbons (Fsp3) is 0.462. The van der Waals surface area contributed by atoms with E-state index in [-0.39, 0.29) is 18.1 Å². The zero-order valence-corrected chi connectivity index (χ0v) is 20.5. The highest BCUT2D eigenvalue weighted by atomic mass is 35.5. The maximum Gasteiger partial charge on any atom is 0.410 e. The first-order valence-corrected chi connectivity index (χ1v) is 11.7. The smallest absolute Gasteiger partial charge is 0.410 e. The van der Waals surface area contributed by atoms with E-state index in [9.17, 15) is 9.59 Å². The highest BCUT2D eigenvalue weighted by Gasteiger charge is 2.34. The lowest BCUT2D eigenvalue weighted by molar-refractivity contribution is -0.143. The van der Waals surface area contributed by atoms with Gasteiger partial charge in [0.15, 0.2) is 0 Å². The molecular formula is C26H33ClN2O4. The summed E-state index contributed by atoms with van der Waals surface area (Å²) in [6.45, 7) is 6.73. The molecule has 1 N–H and O–H groups in total. The van der Waals surface area contributed by atoms with Crippen molar-refractivity contribution in [3.63, 3.8) is 0 Å². The van der Waals surface area contributed by atoms with Gasteiger partial charge in [-0.3, -0.25) is 9.69 Å². The topological polar surface area (TPSA) is 67.9 Å². The first kappa shape index (κ1) is 25.1. The second-order valence-corrected chi connectivity index (χ2v) is 9.49. The van der Waals surface area contributed by atoms with Crippen LogP contribution in [-0.2, 0) is 33.7 Å². The Bertz CT molecular complexity index is 961. The number of fused-ring (bicyclic) bond motifs is 1. The average molecular weight is 473 g/mol. The number of rotatable bonds is 8. The standard InChI is InChI=1S/C26H33ClN2O4/c1-5-26(2,3)33-25(31)29-17-20-9-7-6-8-19(20)15-22(29)16-28-23(24(30)32-4)14-18-10-12-21(27)13-11-18/h6-13,22-23,28H,5,14-17H2,1-4H3/t22?,23-/m1/s1. The molecule has 0 aliphatic carbocycles. The number of amides is 1. The molecule has 2 atom stereocenters. The number of carbonyl (C=O) groups is 2. The number of ether oxygens (including phenoxy) is 2. The molecule has 7 heteroatoms. The summed E-state index contributed by atoms with van der Waals surface area (Å²) in [4.78, 5) is 27.4. The zero-order valence-electron chi connectivity index (χ0n) is 19.8. The van der Waals surface area contributed by atoms with Crippen molar-refractivity contribution in [1.82, 2.24) is 10.2 Å². The van der Waals surface area contributed by atoms with Gasteiger partial charge in [-0.2, -0.15) is 0 Å². The van der Waals surface area contributed by atoms with Crippen molar-refractivity contribution in [3.05, 3.63) is 70.2 Å². The van der Waals surface area contributed by atoms with E-state index in [2.05, 4.69) is 11.4 Å². The fourth-order valence-corrected chi connectivity index (χ4v) is 3.99. The van der Waals surface area contributed by atoms with E-state index in [1.54, 1.807) is 17.0 Å². The van der Waals surface area contributed by atoms with Crippen LogP contribution in [0.3, 0.4) is 0 Å². The van der Waals surface area contributed by atoms with E-state index < -0.39 is 11.6 Å². The van der Waals surface area contributed by atoms with Crippen molar-refractivity contribution >= 4 is 23.7 Å². The fourth-order valence-electron chi connectivity index (χ4n) is 3.87. The Morgan fingerprint density at radius 2 is 1.82 bits per heavy atom. The van der Waals surface area contributed by atoms with Gasteiger partial charge in [0.05, 0.1) is 13.2 Å². The molecule has 1 aliphatic rings. The highest BCUT2D eigenvalue weighted by Crippen LogP contribution is 2.26. The molecule has 6 nitrogen and oxygen atoms in total. The number of carbonyl (C=O) groups excluding carboxylic acids is 2. The molecule has 0 fully saturated rings. The SMILES string of the molecule is CCC(C)(C)OC(=O)N1Cc2ccccc2CC1CN[C@H](Cc1ccc(Cl)cc1)C(=O)OC. The Kier molecular flexibility index (Phi) is 8.38. The molecule has 0 saturated heterocycles. The highest BCUT2D eigenvalue weighted by molar-refractivity contribution is 6.30. The van der Waals surface area contributed by atoms with Gasteiger partial charge < -0.3 is 14.8 Å². The van der Waals surface area contributed by atoms with Crippen LogP contribution in [0.5, 0.6) is 0 Å². The molecule has 0 aromatic heterocycles. The summed E-state index contributed by atoms with van der Waals surface area (Å²) < 4.78 is 10.8. The van der Waals surface area contributed by atoms with Gasteiger partial charge in [-0.25, -0.2) is 4.79 Å². The van der Waals surface area contributed by atoms with E-state index in [1.165, 1.54) is 12.7 Å². The predicted octanol–water partition coefficient (Wildman–Crippen LogP) is 4.77. The van der Waals surface area contributed by atoms with Gasteiger partial charge in [0.1, 0.15) is 11.6 Å². The Morgan fingerprint density at radius 1 is 1.15 bits per heavy atom. The number of benzene rings is 2. The van der Waals surface area contributed by atoms with E-state index in [4.69, 9.17) is 21.1 Å². The van der Waals surface area contributed by atoms with Gasteiger partial charge in [0.25, 0.3) is 0 Å². The van der Waals surface area contributed by atoms with Crippen molar-refractivity contribution in [2.45, 2.75) is 64.3 Å². The van der Waals surface area contributed by atoms with Crippen LogP contribution in [0.1, 0.15) is 43.9 Å². The Morgan fingerprint density at radius 3 is 2.45 bits per heavy atom. The molecule has 0 saturated carbocycles. The number of hydrogen-bond acceptors (Lipinski definition) is 5. The van der Waals surface area contributed by atoms with Gasteiger partial charge in [0.2, 0.25) is 0 Å². The molecule has 0 radical (unpaired) electrons. The van der Waals surface area contributed by atoms with Crippen LogP contribution < -0.4 is 5.32 Å². The molecule has 178 valence electrons. The molecular weight excluding hydrogens is 440 g/mol. The third kappa shape index (κ3) is 6.71. The quantitative estimate of drug-likeness (QED) is 0.561. The third-order valence-corrected chi connectivity index (χ3v) is 6.50. The normalized spacial score (nSPS) is 16.6. The molecule has 0 spiro atoms.